The maximum atomic E-state index is 13.0. The number of hydrogen-bond acceptors (Lipinski definition) is 13. The van der Waals surface area contributed by atoms with Crippen LogP contribution in [0.4, 0.5) is 0 Å². The third-order valence-corrected chi connectivity index (χ3v) is 25.5. The number of hydrogen-bond donors (Lipinski definition) is 13. The van der Waals surface area contributed by atoms with Crippen molar-refractivity contribution in [1.29, 1.82) is 16.2 Å². The lowest BCUT2D eigenvalue weighted by Gasteiger charge is -2.20. The minimum absolute atomic E-state index is 0.0345. The van der Waals surface area contributed by atoms with Gasteiger partial charge < -0.3 is 54.0 Å². The number of halogens is 9. The number of amidine groups is 5. The van der Waals surface area contributed by atoms with E-state index < -0.39 is 89.3 Å². The molecule has 15 rings (SSSR count). The second kappa shape index (κ2) is 56.7. The van der Waals surface area contributed by atoms with Crippen molar-refractivity contribution in [1.82, 2.24) is 42.5 Å². The lowest BCUT2D eigenvalue weighted by atomic mass is 10.0. The second-order valence-electron chi connectivity index (χ2n) is 32.4. The quantitative estimate of drug-likeness (QED) is 0.0169. The third kappa shape index (κ3) is 34.6. The van der Waals surface area contributed by atoms with Crippen molar-refractivity contribution in [3.8, 4) is 0 Å². The largest absolute Gasteiger partial charge is 0.383 e. The molecule has 25 nitrogen and oxygen atoms in total. The Labute approximate surface area is 911 Å². The molecule has 149 heavy (non-hydrogen) atoms. The highest BCUT2D eigenvalue weighted by atomic mass is 79.9. The van der Waals surface area contributed by atoms with E-state index >= 15 is 0 Å². The molecule has 0 bridgehead atoms. The van der Waals surface area contributed by atoms with Crippen molar-refractivity contribution in [2.45, 2.75) is 50.5 Å². The van der Waals surface area contributed by atoms with Crippen LogP contribution in [0.15, 0.2) is 408 Å². The molecule has 0 aliphatic rings. The number of carbonyl (C=O) groups excluding carboxylic acids is 10. The smallest absolute Gasteiger partial charge is 0.274 e. The summed E-state index contributed by atoms with van der Waals surface area (Å²) in [7, 11) is 0. The number of nitrogens with one attached hydrogen (secondary N) is 11. The maximum absolute atomic E-state index is 13.0. The van der Waals surface area contributed by atoms with Gasteiger partial charge in [0.25, 0.3) is 59.1 Å². The van der Waals surface area contributed by atoms with E-state index in [1.54, 1.807) is 303 Å². The summed E-state index contributed by atoms with van der Waals surface area (Å²) in [4.78, 5) is 137. The average molecular weight is 2250 g/mol. The van der Waals surface area contributed by atoms with Crippen LogP contribution in [0.1, 0.15) is 161 Å². The zero-order valence-electron chi connectivity index (χ0n) is 79.3. The van der Waals surface area contributed by atoms with Crippen molar-refractivity contribution in [3.63, 3.8) is 0 Å². The molecular formula is C115H94Br2Cl7N15O10. The Kier molecular flexibility index (Phi) is 43.1. The predicted octanol–water partition coefficient (Wildman–Crippen LogP) is 23.7. The fraction of sp³-hybridized carbons (Fsp3) is 0.0696. The number of nitrogens with zero attached hydrogens (tertiary/aromatic N) is 2. The number of nitrogens with two attached hydrogens (primary N) is 2. The molecule has 5 unspecified atom stereocenters. The SMILES string of the molecule is C=Cc1ccc(C(NC(=O)c2cccc(Cl)c2)C(=O)NC(=N)c2ccccc2)cc1.CCc1ccc(C(NC(=O)c2cccc(Cl)c2)C(=O)NC(=N)c2ccccc2)cc1.Cc1ccc(C(NC(=O)c2cccc(Cl)c2)C(=O)NC(=N)c2ccccc2)cc1.NC(=NC(=O)C(NC(=O)c1ccc(Cl)c(Br)c1)c1ccc(Cl)cc1)c1ccccc1.NC(=NC(=O)C(NC(=O)c1ccc(Cl)c(Br)c1)c1ccc(Cl)cc1)c1ccccc1. The van der Waals surface area contributed by atoms with Gasteiger partial charge in [-0.05, 0) is 199 Å². The fourth-order valence-electron chi connectivity index (χ4n) is 13.9. The van der Waals surface area contributed by atoms with Crippen LogP contribution < -0.4 is 54.0 Å². The van der Waals surface area contributed by atoms with E-state index in [2.05, 4.69) is 91.0 Å². The number of amides is 10. The Balaban J connectivity index is 0.000000177. The maximum Gasteiger partial charge on any atom is 0.274 e. The average Bonchev–Trinajstić information content (AvgIpc) is 0.836. The monoisotopic (exact) mass is 2250 g/mol. The molecular weight excluding hydrogens is 2160 g/mol. The van der Waals surface area contributed by atoms with Crippen LogP contribution in [-0.4, -0.2) is 88.2 Å². The minimum Gasteiger partial charge on any atom is -0.383 e. The molecule has 0 radical (unpaired) electrons. The van der Waals surface area contributed by atoms with Gasteiger partial charge in [-0.2, -0.15) is 9.98 Å². The van der Waals surface area contributed by atoms with Gasteiger partial charge in [0, 0.05) is 89.7 Å². The van der Waals surface area contributed by atoms with Gasteiger partial charge in [0.2, 0.25) is 0 Å². The Morgan fingerprint density at radius 1 is 0.302 bits per heavy atom. The van der Waals surface area contributed by atoms with Crippen LogP contribution in [0.5, 0.6) is 0 Å². The molecule has 0 fully saturated rings. The molecule has 0 heterocycles. The molecule has 0 aliphatic heterocycles. The standard InChI is InChI=1S/C24H22ClN3O2.C24H20ClN3O2.C23H20ClN3O2.2C22H16BrCl2N3O2/c2*1-2-16-11-13-17(14-12-16)21(27-23(29)19-9-6-10-20(25)15-19)24(30)28-22(26)18-7-4-3-5-8-18;1-15-10-12-16(13-11-15)20(26-22(28)18-8-5-9-19(24)14-18)23(29)27-21(25)17-6-3-2-4-7-17;2*23-17-12-15(8-11-18(17)25)21(29)27-19(13-6-9-16(24)10-7-13)22(30)28-20(26)14-4-2-1-3-5-14/h3-15,21H,2H2,1H3,(H,27,29)(H2,26,28,30);2-15,21H,1H2,(H,27,29)(H2,26,28,30);2-14,20H,1H3,(H,26,28)(H2,25,27,29);2*1-12,19H,(H,27,29)(H2,26,28,30). The summed E-state index contributed by atoms with van der Waals surface area (Å²) in [5, 5.41) is 49.2. The van der Waals surface area contributed by atoms with E-state index in [-0.39, 0.29) is 29.2 Å². The van der Waals surface area contributed by atoms with Crippen LogP contribution >= 0.6 is 113 Å². The van der Waals surface area contributed by atoms with E-state index in [1.165, 1.54) is 18.2 Å². The number of aliphatic imine (C=N–C) groups is 2. The molecule has 0 saturated carbocycles. The third-order valence-electron chi connectivity index (χ3n) is 21.9. The Hall–Kier alpha value is -15.9. The van der Waals surface area contributed by atoms with E-state index in [4.69, 9.17) is 109 Å². The van der Waals surface area contributed by atoms with Crippen LogP contribution in [0.25, 0.3) is 6.08 Å². The Bertz CT molecular complexity index is 7230. The molecule has 752 valence electrons. The number of carbonyl (C=O) groups is 10. The molecule has 15 aromatic carbocycles. The summed E-state index contributed by atoms with van der Waals surface area (Å²) in [5.74, 6) is -4.98. The lowest BCUT2D eigenvalue weighted by Crippen LogP contribution is -2.42. The zero-order valence-corrected chi connectivity index (χ0v) is 87.7. The molecule has 0 saturated heterocycles. The highest BCUT2D eigenvalue weighted by Crippen LogP contribution is 2.30. The van der Waals surface area contributed by atoms with E-state index in [1.807, 2.05) is 80.6 Å². The Morgan fingerprint density at radius 3 is 0.826 bits per heavy atom. The molecule has 0 aromatic heterocycles. The summed E-state index contributed by atoms with van der Waals surface area (Å²) < 4.78 is 1.13. The number of aryl methyl sites for hydroxylation is 2. The van der Waals surface area contributed by atoms with Crippen molar-refractivity contribution in [2.24, 2.45) is 21.5 Å². The summed E-state index contributed by atoms with van der Waals surface area (Å²) in [6.45, 7) is 7.70. The lowest BCUT2D eigenvalue weighted by molar-refractivity contribution is -0.122. The highest BCUT2D eigenvalue weighted by molar-refractivity contribution is 9.11. The van der Waals surface area contributed by atoms with E-state index in [9.17, 15) is 47.9 Å². The summed E-state index contributed by atoms with van der Waals surface area (Å²) in [6, 6.07) is 103. The summed E-state index contributed by atoms with van der Waals surface area (Å²) >= 11 is 48.4. The van der Waals surface area contributed by atoms with Crippen LogP contribution in [-0.2, 0) is 30.4 Å². The van der Waals surface area contributed by atoms with Gasteiger partial charge in [-0.3, -0.25) is 64.2 Å². The van der Waals surface area contributed by atoms with Crippen LogP contribution in [0.2, 0.25) is 35.2 Å². The normalized spacial score (nSPS) is 11.7. The van der Waals surface area contributed by atoms with Gasteiger partial charge in [0.15, 0.2) is 0 Å². The second-order valence-corrected chi connectivity index (χ2v) is 37.1. The van der Waals surface area contributed by atoms with Crippen molar-refractivity contribution >= 4 is 207 Å². The first-order chi connectivity index (χ1) is 71.6. The van der Waals surface area contributed by atoms with E-state index in [0.717, 1.165) is 23.1 Å². The molecule has 10 amide bonds. The zero-order chi connectivity index (χ0) is 107. The van der Waals surface area contributed by atoms with Gasteiger partial charge in [0.05, 0.1) is 10.0 Å². The van der Waals surface area contributed by atoms with Gasteiger partial charge in [-0.15, -0.1) is 0 Å². The topological polar surface area (TPSA) is 415 Å². The first kappa shape index (κ1) is 113. The predicted molar refractivity (Wildman–Crippen MR) is 599 cm³/mol. The molecule has 0 spiro atoms. The molecule has 15 aromatic rings. The fourth-order valence-corrected chi connectivity index (χ4v) is 15.7. The van der Waals surface area contributed by atoms with Crippen LogP contribution in [0, 0.1) is 23.2 Å². The first-order valence-corrected chi connectivity index (χ1v) is 49.6. The first-order valence-electron chi connectivity index (χ1n) is 45.4. The Morgan fingerprint density at radius 2 is 0.550 bits per heavy atom. The minimum atomic E-state index is -1.05. The van der Waals surface area contributed by atoms with Gasteiger partial charge in [0.1, 0.15) is 59.4 Å². The van der Waals surface area contributed by atoms with Gasteiger partial charge in [-0.1, -0.05) is 373 Å². The summed E-state index contributed by atoms with van der Waals surface area (Å²) in [5.41, 5.74) is 22.5. The molecule has 0 aliphatic carbocycles. The molecule has 5 atom stereocenters. The van der Waals surface area contributed by atoms with Crippen molar-refractivity contribution < 1.29 is 47.9 Å². The molecule has 34 heteroatoms. The summed E-state index contributed by atoms with van der Waals surface area (Å²) in [6.07, 6.45) is 2.55. The van der Waals surface area contributed by atoms with Gasteiger partial charge in [-0.25, -0.2) is 0 Å². The highest BCUT2D eigenvalue weighted by Gasteiger charge is 2.31. The molecule has 15 N–H and O–H groups in total. The van der Waals surface area contributed by atoms with Crippen molar-refractivity contribution in [2.75, 3.05) is 0 Å². The number of benzene rings is 15. The number of rotatable bonds is 27. The van der Waals surface area contributed by atoms with Gasteiger partial charge >= 0.3 is 0 Å². The van der Waals surface area contributed by atoms with Crippen molar-refractivity contribution in [3.05, 3.63) is 533 Å². The van der Waals surface area contributed by atoms with Crippen LogP contribution in [0.3, 0.4) is 0 Å². The van der Waals surface area contributed by atoms with E-state index in [0.29, 0.717) is 128 Å².